The molecular weight excluding hydrogens is 268 g/mol. The average Bonchev–Trinajstić information content (AvgIpc) is 2.71. The molecule has 1 aromatic rings. The Morgan fingerprint density at radius 1 is 1.33 bits per heavy atom. The van der Waals surface area contributed by atoms with Gasteiger partial charge in [-0.2, -0.15) is 5.10 Å². The zero-order chi connectivity index (χ0) is 15.7. The van der Waals surface area contributed by atoms with Gasteiger partial charge in [-0.25, -0.2) is 4.68 Å². The third kappa shape index (κ3) is 3.19. The van der Waals surface area contributed by atoms with E-state index in [1.807, 2.05) is 13.8 Å². The highest BCUT2D eigenvalue weighted by molar-refractivity contribution is 5.60. The van der Waals surface area contributed by atoms with E-state index in [-0.39, 0.29) is 16.7 Å². The molecule has 0 spiro atoms. The van der Waals surface area contributed by atoms with Gasteiger partial charge in [0, 0.05) is 12.1 Å². The Bertz CT molecular complexity index is 524. The summed E-state index contributed by atoms with van der Waals surface area (Å²) >= 11 is 0. The number of nitro groups is 1. The zero-order valence-corrected chi connectivity index (χ0v) is 13.6. The van der Waals surface area contributed by atoms with Crippen LogP contribution in [0.25, 0.3) is 0 Å². The first kappa shape index (κ1) is 15.8. The van der Waals surface area contributed by atoms with Crippen LogP contribution in [-0.2, 0) is 0 Å². The summed E-state index contributed by atoms with van der Waals surface area (Å²) in [6.45, 7) is 10.2. The highest BCUT2D eigenvalue weighted by Gasteiger charge is 2.31. The Morgan fingerprint density at radius 2 is 2.00 bits per heavy atom. The van der Waals surface area contributed by atoms with E-state index < -0.39 is 0 Å². The van der Waals surface area contributed by atoms with Crippen LogP contribution >= 0.6 is 0 Å². The molecule has 3 unspecified atom stereocenters. The topological polar surface area (TPSA) is 73.0 Å². The van der Waals surface area contributed by atoms with Crippen molar-refractivity contribution in [2.45, 2.75) is 66.0 Å². The number of rotatable bonds is 4. The molecule has 0 amide bonds. The molecule has 0 bridgehead atoms. The molecule has 1 heterocycles. The zero-order valence-electron chi connectivity index (χ0n) is 13.6. The van der Waals surface area contributed by atoms with Crippen molar-refractivity contribution >= 4 is 11.5 Å². The number of hydrogen-bond acceptors (Lipinski definition) is 4. The molecule has 1 aromatic heterocycles. The maximum absolute atomic E-state index is 11.3. The van der Waals surface area contributed by atoms with Crippen molar-refractivity contribution in [1.82, 2.24) is 9.78 Å². The molecule has 1 aliphatic rings. The van der Waals surface area contributed by atoms with Crippen molar-refractivity contribution in [1.29, 1.82) is 0 Å². The van der Waals surface area contributed by atoms with Crippen LogP contribution in [-0.4, -0.2) is 20.7 Å². The van der Waals surface area contributed by atoms with E-state index in [2.05, 4.69) is 24.3 Å². The van der Waals surface area contributed by atoms with Gasteiger partial charge < -0.3 is 5.32 Å². The molecule has 3 atom stereocenters. The third-order valence-electron chi connectivity index (χ3n) is 4.66. The Labute approximate surface area is 126 Å². The monoisotopic (exact) mass is 294 g/mol. The van der Waals surface area contributed by atoms with Gasteiger partial charge in [0.05, 0.1) is 4.92 Å². The minimum absolute atomic E-state index is 0.0971. The second kappa shape index (κ2) is 6.03. The van der Waals surface area contributed by atoms with E-state index in [1.54, 1.807) is 11.6 Å². The lowest BCUT2D eigenvalue weighted by atomic mass is 9.79. The van der Waals surface area contributed by atoms with Crippen LogP contribution in [0.3, 0.4) is 0 Å². The summed E-state index contributed by atoms with van der Waals surface area (Å²) in [5.74, 6) is 1.95. The molecular formula is C15H26N4O2. The van der Waals surface area contributed by atoms with Crippen molar-refractivity contribution < 1.29 is 4.92 Å². The molecule has 0 saturated heterocycles. The Kier molecular flexibility index (Phi) is 4.54. The second-order valence-corrected chi connectivity index (χ2v) is 6.69. The summed E-state index contributed by atoms with van der Waals surface area (Å²) in [4.78, 5) is 11.0. The van der Waals surface area contributed by atoms with Gasteiger partial charge in [0.2, 0.25) is 5.82 Å². The molecule has 0 radical (unpaired) electrons. The summed E-state index contributed by atoms with van der Waals surface area (Å²) in [7, 11) is 0. The van der Waals surface area contributed by atoms with Crippen molar-refractivity contribution in [2.24, 2.45) is 11.8 Å². The van der Waals surface area contributed by atoms with Gasteiger partial charge in [-0.15, -0.1) is 0 Å². The first-order valence-corrected chi connectivity index (χ1v) is 7.81. The summed E-state index contributed by atoms with van der Waals surface area (Å²) in [6, 6.07) is 0.392. The quantitative estimate of drug-likeness (QED) is 0.674. The largest absolute Gasteiger partial charge is 0.362 e. The van der Waals surface area contributed by atoms with Gasteiger partial charge >= 0.3 is 5.69 Å². The predicted molar refractivity (Wildman–Crippen MR) is 83.6 cm³/mol. The number of aryl methyl sites for hydroxylation is 1. The van der Waals surface area contributed by atoms with Crippen LogP contribution in [0.1, 0.15) is 58.7 Å². The van der Waals surface area contributed by atoms with Crippen LogP contribution in [0, 0.1) is 28.9 Å². The van der Waals surface area contributed by atoms with E-state index in [4.69, 9.17) is 0 Å². The number of nitrogens with zero attached hydrogens (tertiary/aromatic N) is 3. The van der Waals surface area contributed by atoms with Gasteiger partial charge in [-0.1, -0.05) is 13.8 Å². The molecule has 6 nitrogen and oxygen atoms in total. The number of hydrogen-bond donors (Lipinski definition) is 1. The maximum Gasteiger partial charge on any atom is 0.333 e. The Hall–Kier alpha value is -1.59. The van der Waals surface area contributed by atoms with E-state index in [9.17, 15) is 10.1 Å². The fraction of sp³-hybridized carbons (Fsp3) is 0.800. The SMILES string of the molecule is Cc1nn(C(C)C)c(NC2CCC(C)C(C)C2)c1[N+](=O)[O-]. The summed E-state index contributed by atoms with van der Waals surface area (Å²) in [6.07, 6.45) is 3.28. The minimum atomic E-state index is -0.321. The van der Waals surface area contributed by atoms with E-state index >= 15 is 0 Å². The van der Waals surface area contributed by atoms with Gasteiger partial charge in [0.25, 0.3) is 0 Å². The molecule has 1 fully saturated rings. The fourth-order valence-corrected chi connectivity index (χ4v) is 3.14. The summed E-state index contributed by atoms with van der Waals surface area (Å²) < 4.78 is 1.75. The molecule has 1 N–H and O–H groups in total. The smallest absolute Gasteiger partial charge is 0.333 e. The van der Waals surface area contributed by atoms with Gasteiger partial charge in [-0.3, -0.25) is 10.1 Å². The molecule has 1 aliphatic carbocycles. The van der Waals surface area contributed by atoms with Crippen molar-refractivity contribution in [2.75, 3.05) is 5.32 Å². The van der Waals surface area contributed by atoms with Gasteiger partial charge in [0.1, 0.15) is 5.69 Å². The lowest BCUT2D eigenvalue weighted by Gasteiger charge is -2.33. The maximum atomic E-state index is 11.3. The van der Waals surface area contributed by atoms with E-state index in [0.29, 0.717) is 23.5 Å². The van der Waals surface area contributed by atoms with Gasteiger partial charge in [0.15, 0.2) is 0 Å². The second-order valence-electron chi connectivity index (χ2n) is 6.69. The number of anilines is 1. The third-order valence-corrected chi connectivity index (χ3v) is 4.66. The lowest BCUT2D eigenvalue weighted by molar-refractivity contribution is -0.384. The normalized spacial score (nSPS) is 26.1. The molecule has 6 heteroatoms. The molecule has 0 aromatic carbocycles. The summed E-state index contributed by atoms with van der Waals surface area (Å²) in [5.41, 5.74) is 0.600. The minimum Gasteiger partial charge on any atom is -0.362 e. The number of nitrogens with one attached hydrogen (secondary N) is 1. The van der Waals surface area contributed by atoms with E-state index in [0.717, 1.165) is 18.8 Å². The highest BCUT2D eigenvalue weighted by atomic mass is 16.6. The standard InChI is InChI=1S/C15H26N4O2/c1-9(2)18-15(14(19(20)21)12(5)17-18)16-13-7-6-10(3)11(4)8-13/h9-11,13,16H,6-8H2,1-5H3. The molecule has 1 saturated carbocycles. The van der Waals surface area contributed by atoms with Crippen LogP contribution in [0.15, 0.2) is 0 Å². The van der Waals surface area contributed by atoms with Crippen molar-refractivity contribution in [3.63, 3.8) is 0 Å². The first-order chi connectivity index (χ1) is 9.81. The lowest BCUT2D eigenvalue weighted by Crippen LogP contribution is -2.31. The van der Waals surface area contributed by atoms with Crippen molar-refractivity contribution in [3.8, 4) is 0 Å². The Morgan fingerprint density at radius 3 is 2.52 bits per heavy atom. The fourth-order valence-electron chi connectivity index (χ4n) is 3.14. The Balaban J connectivity index is 2.28. The number of aromatic nitrogens is 2. The highest BCUT2D eigenvalue weighted by Crippen LogP contribution is 2.35. The summed E-state index contributed by atoms with van der Waals surface area (Å²) in [5, 5.41) is 19.1. The van der Waals surface area contributed by atoms with Crippen LogP contribution < -0.4 is 5.32 Å². The van der Waals surface area contributed by atoms with Crippen LogP contribution in [0.2, 0.25) is 0 Å². The first-order valence-electron chi connectivity index (χ1n) is 7.81. The van der Waals surface area contributed by atoms with Crippen LogP contribution in [0.5, 0.6) is 0 Å². The molecule has 2 rings (SSSR count). The molecule has 21 heavy (non-hydrogen) atoms. The van der Waals surface area contributed by atoms with Crippen LogP contribution in [0.4, 0.5) is 11.5 Å². The molecule has 118 valence electrons. The molecule has 0 aliphatic heterocycles. The predicted octanol–water partition coefficient (Wildman–Crippen LogP) is 3.92. The van der Waals surface area contributed by atoms with Gasteiger partial charge in [-0.05, 0) is 51.9 Å². The average molecular weight is 294 g/mol. The van der Waals surface area contributed by atoms with E-state index in [1.165, 1.54) is 6.42 Å². The van der Waals surface area contributed by atoms with Crippen molar-refractivity contribution in [3.05, 3.63) is 15.8 Å².